The lowest BCUT2D eigenvalue weighted by Crippen LogP contribution is -2.44. The van der Waals surface area contributed by atoms with Crippen LogP contribution in [0.2, 0.25) is 0 Å². The summed E-state index contributed by atoms with van der Waals surface area (Å²) >= 11 is 3.37. The molecule has 2 aliphatic heterocycles. The first-order chi connectivity index (χ1) is 7.75. The molecule has 0 radical (unpaired) electrons. The van der Waals surface area contributed by atoms with E-state index in [9.17, 15) is 4.79 Å². The van der Waals surface area contributed by atoms with Crippen molar-refractivity contribution in [3.8, 4) is 5.75 Å². The SMILES string of the molecule is O=C1c2cc(Br)ccc2OC2COCC[C@@H]12. The zero-order valence-corrected chi connectivity index (χ0v) is 10.2. The third kappa shape index (κ3) is 1.57. The van der Waals surface area contributed by atoms with E-state index in [-0.39, 0.29) is 17.8 Å². The lowest BCUT2D eigenvalue weighted by atomic mass is 9.86. The predicted molar refractivity (Wildman–Crippen MR) is 61.8 cm³/mol. The number of hydrogen-bond acceptors (Lipinski definition) is 3. The minimum absolute atomic E-state index is 0.0319. The Morgan fingerprint density at radius 3 is 3.12 bits per heavy atom. The number of fused-ring (bicyclic) bond motifs is 2. The molecule has 2 atom stereocenters. The highest BCUT2D eigenvalue weighted by molar-refractivity contribution is 9.10. The molecular formula is C12H11BrO3. The van der Waals surface area contributed by atoms with Gasteiger partial charge in [-0.2, -0.15) is 0 Å². The number of ketones is 1. The maximum Gasteiger partial charge on any atom is 0.173 e. The van der Waals surface area contributed by atoms with Gasteiger partial charge in [-0.1, -0.05) is 15.9 Å². The summed E-state index contributed by atoms with van der Waals surface area (Å²) < 4.78 is 12.0. The maximum atomic E-state index is 12.2. The Bertz CT molecular complexity index is 444. The Morgan fingerprint density at radius 1 is 1.38 bits per heavy atom. The zero-order chi connectivity index (χ0) is 11.1. The number of ether oxygens (including phenoxy) is 2. The first kappa shape index (κ1) is 10.3. The van der Waals surface area contributed by atoms with Gasteiger partial charge in [0.15, 0.2) is 5.78 Å². The molecule has 1 aromatic rings. The Morgan fingerprint density at radius 2 is 2.25 bits per heavy atom. The van der Waals surface area contributed by atoms with E-state index in [4.69, 9.17) is 9.47 Å². The van der Waals surface area contributed by atoms with Crippen LogP contribution in [0.1, 0.15) is 16.8 Å². The second-order valence-corrected chi connectivity index (χ2v) is 5.05. The van der Waals surface area contributed by atoms with Crippen molar-refractivity contribution in [1.29, 1.82) is 0 Å². The molecule has 0 amide bonds. The maximum absolute atomic E-state index is 12.2. The number of carbonyl (C=O) groups excluding carboxylic acids is 1. The van der Waals surface area contributed by atoms with Crippen molar-refractivity contribution in [3.63, 3.8) is 0 Å². The predicted octanol–water partition coefficient (Wildman–Crippen LogP) is 2.43. The Kier molecular flexibility index (Phi) is 2.48. The van der Waals surface area contributed by atoms with Crippen LogP contribution >= 0.6 is 15.9 Å². The van der Waals surface area contributed by atoms with Gasteiger partial charge in [-0.15, -0.1) is 0 Å². The van der Waals surface area contributed by atoms with Crippen LogP contribution < -0.4 is 4.74 Å². The molecule has 3 nitrogen and oxygen atoms in total. The molecule has 0 aliphatic carbocycles. The lowest BCUT2D eigenvalue weighted by Gasteiger charge is -2.35. The fourth-order valence-corrected chi connectivity index (χ4v) is 2.65. The van der Waals surface area contributed by atoms with E-state index >= 15 is 0 Å². The van der Waals surface area contributed by atoms with E-state index in [0.29, 0.717) is 24.5 Å². The van der Waals surface area contributed by atoms with Crippen LogP contribution in [0.15, 0.2) is 22.7 Å². The summed E-state index contributed by atoms with van der Waals surface area (Å²) in [6, 6.07) is 5.56. The number of rotatable bonds is 0. The molecule has 1 unspecified atom stereocenters. The highest BCUT2D eigenvalue weighted by Gasteiger charge is 2.39. The van der Waals surface area contributed by atoms with Crippen molar-refractivity contribution in [2.24, 2.45) is 5.92 Å². The molecule has 0 aromatic heterocycles. The van der Waals surface area contributed by atoms with Gasteiger partial charge in [0.25, 0.3) is 0 Å². The smallest absolute Gasteiger partial charge is 0.173 e. The van der Waals surface area contributed by atoms with Crippen molar-refractivity contribution in [2.45, 2.75) is 12.5 Å². The molecule has 16 heavy (non-hydrogen) atoms. The van der Waals surface area contributed by atoms with Gasteiger partial charge in [0.1, 0.15) is 11.9 Å². The minimum atomic E-state index is -0.102. The molecule has 1 fully saturated rings. The van der Waals surface area contributed by atoms with E-state index in [1.54, 1.807) is 0 Å². The van der Waals surface area contributed by atoms with Gasteiger partial charge in [-0.05, 0) is 24.6 Å². The highest BCUT2D eigenvalue weighted by atomic mass is 79.9. The third-order valence-corrected chi connectivity index (χ3v) is 3.62. The quantitative estimate of drug-likeness (QED) is 0.733. The van der Waals surface area contributed by atoms with E-state index < -0.39 is 0 Å². The minimum Gasteiger partial charge on any atom is -0.486 e. The van der Waals surface area contributed by atoms with E-state index in [1.165, 1.54) is 0 Å². The van der Waals surface area contributed by atoms with Gasteiger partial charge in [-0.3, -0.25) is 4.79 Å². The van der Waals surface area contributed by atoms with Gasteiger partial charge in [0.05, 0.1) is 18.1 Å². The molecule has 2 aliphatic rings. The molecule has 0 N–H and O–H groups in total. The normalized spacial score (nSPS) is 27.9. The standard InChI is InChI=1S/C12H11BrO3/c13-7-1-2-10-9(5-7)12(14)8-3-4-15-6-11(8)16-10/h1-2,5,8,11H,3-4,6H2/t8-,11?/m1/s1. The topological polar surface area (TPSA) is 35.5 Å². The second-order valence-electron chi connectivity index (χ2n) is 4.13. The Labute approximate surface area is 102 Å². The van der Waals surface area contributed by atoms with Crippen molar-refractivity contribution >= 4 is 21.7 Å². The molecule has 1 aromatic carbocycles. The van der Waals surface area contributed by atoms with Crippen LogP contribution in [-0.2, 0) is 4.74 Å². The van der Waals surface area contributed by atoms with Gasteiger partial charge in [0, 0.05) is 11.1 Å². The van der Waals surface area contributed by atoms with E-state index in [2.05, 4.69) is 15.9 Å². The van der Waals surface area contributed by atoms with Crippen LogP contribution in [0, 0.1) is 5.92 Å². The van der Waals surface area contributed by atoms with Crippen molar-refractivity contribution in [1.82, 2.24) is 0 Å². The lowest BCUT2D eigenvalue weighted by molar-refractivity contribution is -0.0289. The van der Waals surface area contributed by atoms with Gasteiger partial charge in [0.2, 0.25) is 0 Å². The molecule has 0 bridgehead atoms. The molecule has 1 saturated heterocycles. The average molecular weight is 283 g/mol. The molecule has 3 rings (SSSR count). The first-order valence-electron chi connectivity index (χ1n) is 5.34. The van der Waals surface area contributed by atoms with Gasteiger partial charge < -0.3 is 9.47 Å². The highest BCUT2D eigenvalue weighted by Crippen LogP contribution is 2.35. The van der Waals surface area contributed by atoms with Crippen LogP contribution in [0.25, 0.3) is 0 Å². The van der Waals surface area contributed by atoms with Crippen molar-refractivity contribution in [3.05, 3.63) is 28.2 Å². The van der Waals surface area contributed by atoms with Gasteiger partial charge >= 0.3 is 0 Å². The van der Waals surface area contributed by atoms with E-state index in [0.717, 1.165) is 10.9 Å². The zero-order valence-electron chi connectivity index (χ0n) is 8.61. The molecule has 84 valence electrons. The summed E-state index contributed by atoms with van der Waals surface area (Å²) in [6.07, 6.45) is 0.657. The Hall–Kier alpha value is -0.870. The molecule has 0 spiro atoms. The fraction of sp³-hybridized carbons (Fsp3) is 0.417. The number of benzene rings is 1. The van der Waals surface area contributed by atoms with E-state index in [1.807, 2.05) is 18.2 Å². The van der Waals surface area contributed by atoms with Gasteiger partial charge in [-0.25, -0.2) is 0 Å². The average Bonchev–Trinajstić information content (AvgIpc) is 2.31. The summed E-state index contributed by atoms with van der Waals surface area (Å²) in [5.74, 6) is 0.839. The van der Waals surface area contributed by atoms with Crippen molar-refractivity contribution < 1.29 is 14.3 Å². The van der Waals surface area contributed by atoms with Crippen LogP contribution in [-0.4, -0.2) is 25.1 Å². The van der Waals surface area contributed by atoms with Crippen molar-refractivity contribution in [2.75, 3.05) is 13.2 Å². The van der Waals surface area contributed by atoms with Crippen LogP contribution in [0.4, 0.5) is 0 Å². The first-order valence-corrected chi connectivity index (χ1v) is 6.13. The molecule has 2 heterocycles. The summed E-state index contributed by atoms with van der Waals surface area (Å²) in [5, 5.41) is 0. The third-order valence-electron chi connectivity index (χ3n) is 3.13. The molecule has 0 saturated carbocycles. The van der Waals surface area contributed by atoms with Crippen LogP contribution in [0.3, 0.4) is 0 Å². The molecule has 4 heteroatoms. The number of hydrogen-bond donors (Lipinski definition) is 0. The second kappa shape index (κ2) is 3.86. The largest absolute Gasteiger partial charge is 0.486 e. The number of halogens is 1. The fourth-order valence-electron chi connectivity index (χ4n) is 2.29. The summed E-state index contributed by atoms with van der Waals surface area (Å²) in [5.41, 5.74) is 0.692. The number of carbonyl (C=O) groups is 1. The molecular weight excluding hydrogens is 272 g/mol. The number of Topliss-reactive ketones (excluding diaryl/α,β-unsaturated/α-hetero) is 1. The summed E-state index contributed by atoms with van der Waals surface area (Å²) in [4.78, 5) is 12.2. The monoisotopic (exact) mass is 282 g/mol. The summed E-state index contributed by atoms with van der Waals surface area (Å²) in [6.45, 7) is 1.17. The van der Waals surface area contributed by atoms with Crippen LogP contribution in [0.5, 0.6) is 5.75 Å². The Balaban J connectivity index is 2.03. The summed E-state index contributed by atoms with van der Waals surface area (Å²) in [7, 11) is 0.